The standard InChI is InChI=1S/C20H15ClF4N4O2S/c1-8(30)29-5-4-12-10(7-29)15(20(23,24)25)14-16(26)17(32-19(14)28-12)18(31)27-13-3-2-9(21)6-11(13)22/h2-3,6H,4-5,7,26H2,1H3,(H,27,31). The van der Waals surface area contributed by atoms with Crippen molar-refractivity contribution in [2.75, 3.05) is 17.6 Å². The van der Waals surface area contributed by atoms with Gasteiger partial charge >= 0.3 is 6.18 Å². The van der Waals surface area contributed by atoms with E-state index in [0.29, 0.717) is 11.3 Å². The summed E-state index contributed by atoms with van der Waals surface area (Å²) in [6.45, 7) is 1.26. The van der Waals surface area contributed by atoms with Gasteiger partial charge in [-0.3, -0.25) is 9.59 Å². The van der Waals surface area contributed by atoms with E-state index < -0.39 is 34.5 Å². The lowest BCUT2D eigenvalue weighted by Crippen LogP contribution is -2.36. The number of amides is 2. The van der Waals surface area contributed by atoms with E-state index in [0.717, 1.165) is 6.07 Å². The van der Waals surface area contributed by atoms with Crippen molar-refractivity contribution in [3.63, 3.8) is 0 Å². The summed E-state index contributed by atoms with van der Waals surface area (Å²) in [5, 5.41) is 2.02. The van der Waals surface area contributed by atoms with Crippen LogP contribution in [-0.2, 0) is 23.9 Å². The number of halogens is 5. The minimum Gasteiger partial charge on any atom is -0.397 e. The van der Waals surface area contributed by atoms with Crippen molar-refractivity contribution in [3.05, 3.63) is 50.7 Å². The summed E-state index contributed by atoms with van der Waals surface area (Å²) >= 11 is 6.38. The molecule has 12 heteroatoms. The predicted octanol–water partition coefficient (Wildman–Crippen LogP) is 4.85. The number of alkyl halides is 3. The van der Waals surface area contributed by atoms with Gasteiger partial charge < -0.3 is 16.0 Å². The van der Waals surface area contributed by atoms with Crippen molar-refractivity contribution < 1.29 is 27.2 Å². The number of carbonyl (C=O) groups is 2. The van der Waals surface area contributed by atoms with Crippen LogP contribution < -0.4 is 11.1 Å². The Kier molecular flexibility index (Phi) is 5.49. The normalized spacial score (nSPS) is 13.9. The van der Waals surface area contributed by atoms with Crippen LogP contribution >= 0.6 is 22.9 Å². The largest absolute Gasteiger partial charge is 0.417 e. The molecule has 32 heavy (non-hydrogen) atoms. The Morgan fingerprint density at radius 2 is 2.03 bits per heavy atom. The summed E-state index contributed by atoms with van der Waals surface area (Å²) in [5.41, 5.74) is 4.46. The van der Waals surface area contributed by atoms with E-state index in [1.165, 1.54) is 24.0 Å². The number of hydrogen-bond donors (Lipinski definition) is 2. The highest BCUT2D eigenvalue weighted by Crippen LogP contribution is 2.45. The van der Waals surface area contributed by atoms with E-state index >= 15 is 0 Å². The number of anilines is 2. The lowest BCUT2D eigenvalue weighted by Gasteiger charge is -2.29. The molecule has 0 atom stereocenters. The molecular formula is C20H15ClF4N4O2S. The van der Waals surface area contributed by atoms with Gasteiger partial charge in [0.25, 0.3) is 5.91 Å². The number of carbonyl (C=O) groups excluding carboxylic acids is 2. The molecule has 2 aromatic heterocycles. The molecule has 0 radical (unpaired) electrons. The number of nitrogens with one attached hydrogen (secondary N) is 1. The van der Waals surface area contributed by atoms with Crippen LogP contribution in [0.1, 0.15) is 33.4 Å². The summed E-state index contributed by atoms with van der Waals surface area (Å²) in [7, 11) is 0. The topological polar surface area (TPSA) is 88.3 Å². The summed E-state index contributed by atoms with van der Waals surface area (Å²) in [4.78, 5) is 29.8. The molecule has 1 aliphatic rings. The number of hydrogen-bond acceptors (Lipinski definition) is 5. The van der Waals surface area contributed by atoms with Gasteiger partial charge in [0.15, 0.2) is 0 Å². The average molecular weight is 487 g/mol. The molecule has 0 spiro atoms. The van der Waals surface area contributed by atoms with Gasteiger partial charge in [0, 0.05) is 48.1 Å². The Bertz CT molecular complexity index is 1270. The molecule has 0 aliphatic carbocycles. The number of benzene rings is 1. The number of pyridine rings is 1. The van der Waals surface area contributed by atoms with Crippen molar-refractivity contribution in [1.82, 2.24) is 9.88 Å². The Morgan fingerprint density at radius 1 is 1.31 bits per heavy atom. The van der Waals surface area contributed by atoms with Crippen LogP contribution in [0.2, 0.25) is 5.02 Å². The number of fused-ring (bicyclic) bond motifs is 2. The predicted molar refractivity (Wildman–Crippen MR) is 113 cm³/mol. The van der Waals surface area contributed by atoms with Crippen LogP contribution in [0.5, 0.6) is 0 Å². The second-order valence-corrected chi connectivity index (χ2v) is 8.64. The maximum Gasteiger partial charge on any atom is 0.417 e. The zero-order valence-corrected chi connectivity index (χ0v) is 18.0. The first kappa shape index (κ1) is 22.3. The molecule has 6 nitrogen and oxygen atoms in total. The first-order chi connectivity index (χ1) is 15.0. The quantitative estimate of drug-likeness (QED) is 0.507. The van der Waals surface area contributed by atoms with E-state index in [9.17, 15) is 27.2 Å². The fraction of sp³-hybridized carbons (Fsp3) is 0.250. The number of aromatic nitrogens is 1. The number of thiophene rings is 1. The number of rotatable bonds is 2. The SMILES string of the molecule is CC(=O)N1CCc2nc3sc(C(=O)Nc4ccc(Cl)cc4F)c(N)c3c(C(F)(F)F)c2C1. The zero-order chi connectivity index (χ0) is 23.4. The lowest BCUT2D eigenvalue weighted by atomic mass is 9.96. The fourth-order valence-electron chi connectivity index (χ4n) is 3.65. The minimum atomic E-state index is -4.80. The second-order valence-electron chi connectivity index (χ2n) is 7.20. The van der Waals surface area contributed by atoms with E-state index in [-0.39, 0.29) is 57.1 Å². The fourth-order valence-corrected chi connectivity index (χ4v) is 4.82. The van der Waals surface area contributed by atoms with Crippen molar-refractivity contribution in [3.8, 4) is 0 Å². The Hall–Kier alpha value is -2.92. The van der Waals surface area contributed by atoms with Gasteiger partial charge in [-0.05, 0) is 18.2 Å². The first-order valence-electron chi connectivity index (χ1n) is 9.30. The molecule has 3 heterocycles. The van der Waals surface area contributed by atoms with E-state index in [1.807, 2.05) is 0 Å². The summed E-state index contributed by atoms with van der Waals surface area (Å²) < 4.78 is 56.4. The van der Waals surface area contributed by atoms with Crippen LogP contribution in [-0.4, -0.2) is 28.2 Å². The smallest absolute Gasteiger partial charge is 0.397 e. The van der Waals surface area contributed by atoms with Crippen LogP contribution in [0, 0.1) is 5.82 Å². The molecule has 3 N–H and O–H groups in total. The molecule has 3 aromatic rings. The molecule has 0 unspecified atom stereocenters. The van der Waals surface area contributed by atoms with Crippen molar-refractivity contribution in [2.45, 2.75) is 26.1 Å². The maximum absolute atomic E-state index is 14.1. The highest BCUT2D eigenvalue weighted by Gasteiger charge is 2.41. The zero-order valence-electron chi connectivity index (χ0n) is 16.4. The van der Waals surface area contributed by atoms with Crippen LogP contribution in [0.4, 0.5) is 28.9 Å². The highest BCUT2D eigenvalue weighted by atomic mass is 35.5. The summed E-state index contributed by atoms with van der Waals surface area (Å²) in [6, 6.07) is 3.57. The third-order valence-electron chi connectivity index (χ3n) is 5.15. The van der Waals surface area contributed by atoms with Gasteiger partial charge in [-0.1, -0.05) is 11.6 Å². The van der Waals surface area contributed by atoms with E-state index in [4.69, 9.17) is 17.3 Å². The van der Waals surface area contributed by atoms with Crippen molar-refractivity contribution in [1.29, 1.82) is 0 Å². The monoisotopic (exact) mass is 486 g/mol. The first-order valence-corrected chi connectivity index (χ1v) is 10.5. The number of nitrogens with zero attached hydrogens (tertiary/aromatic N) is 2. The molecule has 1 aliphatic heterocycles. The molecule has 0 saturated heterocycles. The van der Waals surface area contributed by atoms with Gasteiger partial charge in [0.1, 0.15) is 15.5 Å². The van der Waals surface area contributed by atoms with Gasteiger partial charge in [-0.15, -0.1) is 11.3 Å². The van der Waals surface area contributed by atoms with E-state index in [1.54, 1.807) is 0 Å². The Morgan fingerprint density at radius 3 is 2.66 bits per heavy atom. The number of nitrogen functional groups attached to an aromatic ring is 1. The van der Waals surface area contributed by atoms with Crippen LogP contribution in [0.25, 0.3) is 10.2 Å². The number of nitrogens with two attached hydrogens (primary N) is 1. The lowest BCUT2D eigenvalue weighted by molar-refractivity contribution is -0.138. The molecular weight excluding hydrogens is 472 g/mol. The van der Waals surface area contributed by atoms with Crippen molar-refractivity contribution >= 4 is 56.3 Å². The third kappa shape index (κ3) is 3.86. The van der Waals surface area contributed by atoms with Crippen molar-refractivity contribution in [2.24, 2.45) is 0 Å². The third-order valence-corrected chi connectivity index (χ3v) is 6.48. The van der Waals surface area contributed by atoms with Gasteiger partial charge in [-0.2, -0.15) is 13.2 Å². The molecule has 0 bridgehead atoms. The molecule has 168 valence electrons. The molecule has 1 aromatic carbocycles. The second kappa shape index (κ2) is 7.89. The summed E-state index contributed by atoms with van der Waals surface area (Å²) in [6.07, 6.45) is -4.65. The molecule has 4 rings (SSSR count). The Labute approximate surface area is 188 Å². The van der Waals surface area contributed by atoms with Gasteiger partial charge in [-0.25, -0.2) is 9.37 Å². The minimum absolute atomic E-state index is 0.0495. The van der Waals surface area contributed by atoms with E-state index in [2.05, 4.69) is 10.3 Å². The highest BCUT2D eigenvalue weighted by molar-refractivity contribution is 7.21. The van der Waals surface area contributed by atoms with Gasteiger partial charge in [0.2, 0.25) is 5.91 Å². The van der Waals surface area contributed by atoms with Crippen LogP contribution in [0.15, 0.2) is 18.2 Å². The Balaban J connectivity index is 1.84. The average Bonchev–Trinajstić information content (AvgIpc) is 3.03. The molecule has 0 saturated carbocycles. The van der Waals surface area contributed by atoms with Crippen LogP contribution in [0.3, 0.4) is 0 Å². The molecule has 0 fully saturated rings. The summed E-state index contributed by atoms with van der Waals surface area (Å²) in [5.74, 6) is -2.03. The molecule has 2 amide bonds. The maximum atomic E-state index is 14.1. The van der Waals surface area contributed by atoms with Gasteiger partial charge in [0.05, 0.1) is 16.9 Å².